The summed E-state index contributed by atoms with van der Waals surface area (Å²) >= 11 is 5.31. The Morgan fingerprint density at radius 2 is 2.11 bits per heavy atom. The summed E-state index contributed by atoms with van der Waals surface area (Å²) in [6, 6.07) is 5.56. The molecule has 0 fully saturated rings. The van der Waals surface area contributed by atoms with E-state index >= 15 is 0 Å². The van der Waals surface area contributed by atoms with Crippen molar-refractivity contribution < 1.29 is 4.79 Å². The number of rotatable bonds is 3. The number of carbonyl (C=O) groups is 1. The van der Waals surface area contributed by atoms with E-state index in [0.29, 0.717) is 4.77 Å². The minimum absolute atomic E-state index is 0.0921. The Kier molecular flexibility index (Phi) is 3.26. The number of nitrogens with one attached hydrogen (secondary N) is 1. The lowest BCUT2D eigenvalue weighted by Crippen LogP contribution is -2.30. The molecule has 18 heavy (non-hydrogen) atoms. The lowest BCUT2D eigenvalue weighted by molar-refractivity contribution is -0.122. The van der Waals surface area contributed by atoms with Gasteiger partial charge in [-0.2, -0.15) is 0 Å². The molecule has 1 aromatic carbocycles. The molecule has 1 heterocycles. The first-order chi connectivity index (χ1) is 8.41. The van der Waals surface area contributed by atoms with E-state index < -0.39 is 6.04 Å². The fraction of sp³-hybridized carbons (Fsp3) is 0.385. The van der Waals surface area contributed by atoms with E-state index in [9.17, 15) is 4.79 Å². The highest BCUT2D eigenvalue weighted by Gasteiger charge is 2.24. The monoisotopic (exact) mass is 263 g/mol. The highest BCUT2D eigenvalue weighted by atomic mass is 32.1. The molecule has 0 bridgehead atoms. The van der Waals surface area contributed by atoms with Gasteiger partial charge in [0, 0.05) is 0 Å². The maximum atomic E-state index is 11.6. The van der Waals surface area contributed by atoms with Crippen LogP contribution in [0.4, 0.5) is 0 Å². The van der Waals surface area contributed by atoms with E-state index in [0.717, 1.165) is 16.6 Å². The number of benzene rings is 1. The third-order valence-electron chi connectivity index (χ3n) is 3.07. The first-order valence-corrected chi connectivity index (χ1v) is 6.33. The molecular formula is C13H17N3OS. The number of nitrogens with two attached hydrogens (primary N) is 1. The van der Waals surface area contributed by atoms with Gasteiger partial charge in [-0.15, -0.1) is 0 Å². The Balaban J connectivity index is 2.73. The maximum Gasteiger partial charge on any atom is 0.240 e. The molecule has 0 aliphatic heterocycles. The maximum absolute atomic E-state index is 11.6. The summed E-state index contributed by atoms with van der Waals surface area (Å²) in [7, 11) is 0. The van der Waals surface area contributed by atoms with Gasteiger partial charge in [0.05, 0.1) is 11.0 Å². The number of primary amides is 1. The highest BCUT2D eigenvalue weighted by Crippen LogP contribution is 2.25. The van der Waals surface area contributed by atoms with Gasteiger partial charge in [-0.05, 0) is 42.8 Å². The number of H-pyrrole nitrogens is 1. The SMILES string of the molecule is Cc1ccc2c(c1)[nH]c(=S)n2C(C(N)=O)C(C)C. The van der Waals surface area contributed by atoms with Crippen LogP contribution in [0, 0.1) is 17.6 Å². The number of hydrogen-bond acceptors (Lipinski definition) is 2. The van der Waals surface area contributed by atoms with E-state index in [1.165, 1.54) is 0 Å². The van der Waals surface area contributed by atoms with Crippen LogP contribution in [-0.2, 0) is 4.79 Å². The number of hydrogen-bond donors (Lipinski definition) is 2. The molecule has 1 atom stereocenters. The molecule has 0 aliphatic rings. The van der Waals surface area contributed by atoms with Gasteiger partial charge >= 0.3 is 0 Å². The van der Waals surface area contributed by atoms with Gasteiger partial charge in [0.2, 0.25) is 5.91 Å². The number of imidazole rings is 1. The van der Waals surface area contributed by atoms with Crippen molar-refractivity contribution in [3.63, 3.8) is 0 Å². The van der Waals surface area contributed by atoms with Crippen molar-refractivity contribution in [1.82, 2.24) is 9.55 Å². The summed E-state index contributed by atoms with van der Waals surface area (Å²) in [5, 5.41) is 0. The molecule has 3 N–H and O–H groups in total. The lowest BCUT2D eigenvalue weighted by Gasteiger charge is -2.19. The van der Waals surface area contributed by atoms with Gasteiger partial charge < -0.3 is 15.3 Å². The molecule has 0 saturated heterocycles. The Bertz CT molecular complexity index is 654. The average molecular weight is 263 g/mol. The average Bonchev–Trinajstić information content (AvgIpc) is 2.54. The topological polar surface area (TPSA) is 63.8 Å². The van der Waals surface area contributed by atoms with Crippen LogP contribution >= 0.6 is 12.2 Å². The summed E-state index contributed by atoms with van der Waals surface area (Å²) in [4.78, 5) is 14.8. The fourth-order valence-electron chi connectivity index (χ4n) is 2.27. The van der Waals surface area contributed by atoms with Crippen LogP contribution in [0.2, 0.25) is 0 Å². The molecule has 5 heteroatoms. The second-order valence-electron chi connectivity index (χ2n) is 4.91. The van der Waals surface area contributed by atoms with Crippen LogP contribution in [0.3, 0.4) is 0 Å². The lowest BCUT2D eigenvalue weighted by atomic mass is 10.0. The molecule has 0 saturated carbocycles. The van der Waals surface area contributed by atoms with Crippen LogP contribution < -0.4 is 5.73 Å². The molecule has 0 spiro atoms. The quantitative estimate of drug-likeness (QED) is 0.836. The van der Waals surface area contributed by atoms with Crippen LogP contribution in [0.5, 0.6) is 0 Å². The third kappa shape index (κ3) is 2.06. The van der Waals surface area contributed by atoms with Gasteiger partial charge in [-0.3, -0.25) is 4.79 Å². The normalized spacial score (nSPS) is 13.1. The summed E-state index contributed by atoms with van der Waals surface area (Å²) in [5.41, 5.74) is 8.50. The highest BCUT2D eigenvalue weighted by molar-refractivity contribution is 7.71. The van der Waals surface area contributed by atoms with Gasteiger partial charge in [0.25, 0.3) is 0 Å². The van der Waals surface area contributed by atoms with E-state index in [-0.39, 0.29) is 11.8 Å². The predicted octanol–water partition coefficient (Wildman–Crippen LogP) is 2.69. The minimum Gasteiger partial charge on any atom is -0.368 e. The van der Waals surface area contributed by atoms with Gasteiger partial charge in [0.1, 0.15) is 6.04 Å². The molecule has 1 unspecified atom stereocenters. The summed E-state index contributed by atoms with van der Waals surface area (Å²) in [6.07, 6.45) is 0. The Morgan fingerprint density at radius 3 is 2.67 bits per heavy atom. The molecule has 0 radical (unpaired) electrons. The Labute approximate surface area is 111 Å². The number of nitrogens with zero attached hydrogens (tertiary/aromatic N) is 1. The van der Waals surface area contributed by atoms with Crippen molar-refractivity contribution in [2.45, 2.75) is 26.8 Å². The molecular weight excluding hydrogens is 246 g/mol. The second-order valence-corrected chi connectivity index (χ2v) is 5.30. The minimum atomic E-state index is -0.422. The summed E-state index contributed by atoms with van der Waals surface area (Å²) in [5.74, 6) is -0.267. The molecule has 96 valence electrons. The molecule has 1 aromatic heterocycles. The molecule has 1 amide bonds. The van der Waals surface area contributed by atoms with Gasteiger partial charge in [0.15, 0.2) is 4.77 Å². The van der Waals surface area contributed by atoms with Crippen LogP contribution in [-0.4, -0.2) is 15.5 Å². The van der Waals surface area contributed by atoms with Crippen LogP contribution in [0.15, 0.2) is 18.2 Å². The van der Waals surface area contributed by atoms with Crippen molar-refractivity contribution in [2.75, 3.05) is 0 Å². The number of aromatic amines is 1. The van der Waals surface area contributed by atoms with E-state index in [2.05, 4.69) is 4.98 Å². The Hall–Kier alpha value is -1.62. The third-order valence-corrected chi connectivity index (χ3v) is 3.37. The Morgan fingerprint density at radius 1 is 1.44 bits per heavy atom. The zero-order valence-electron chi connectivity index (χ0n) is 10.7. The standard InChI is InChI=1S/C13H17N3OS/c1-7(2)11(12(14)17)16-10-5-4-8(3)6-9(10)15-13(16)18/h4-7,11H,1-3H3,(H2,14,17)(H,15,18). The first-order valence-electron chi connectivity index (χ1n) is 5.92. The van der Waals surface area contributed by atoms with Gasteiger partial charge in [-0.1, -0.05) is 19.9 Å². The largest absolute Gasteiger partial charge is 0.368 e. The van der Waals surface area contributed by atoms with E-state index in [1.54, 1.807) is 0 Å². The summed E-state index contributed by atoms with van der Waals surface area (Å²) < 4.78 is 2.35. The zero-order valence-corrected chi connectivity index (χ0v) is 11.5. The van der Waals surface area contributed by atoms with Crippen LogP contribution in [0.1, 0.15) is 25.5 Å². The van der Waals surface area contributed by atoms with Gasteiger partial charge in [-0.25, -0.2) is 0 Å². The number of aromatic nitrogens is 2. The molecule has 2 rings (SSSR count). The summed E-state index contributed by atoms with van der Waals surface area (Å²) in [6.45, 7) is 5.94. The number of fused-ring (bicyclic) bond motifs is 1. The van der Waals surface area contributed by atoms with Crippen molar-refractivity contribution in [3.8, 4) is 0 Å². The number of carbonyl (C=O) groups excluding carboxylic acids is 1. The predicted molar refractivity (Wildman–Crippen MR) is 74.9 cm³/mol. The smallest absolute Gasteiger partial charge is 0.240 e. The molecule has 4 nitrogen and oxygen atoms in total. The zero-order chi connectivity index (χ0) is 13.4. The van der Waals surface area contributed by atoms with Crippen LogP contribution in [0.25, 0.3) is 11.0 Å². The van der Waals surface area contributed by atoms with Crippen molar-refractivity contribution in [1.29, 1.82) is 0 Å². The van der Waals surface area contributed by atoms with Crippen molar-refractivity contribution in [2.24, 2.45) is 11.7 Å². The number of aryl methyl sites for hydroxylation is 1. The van der Waals surface area contributed by atoms with Crippen molar-refractivity contribution in [3.05, 3.63) is 28.5 Å². The first kappa shape index (κ1) is 12.8. The molecule has 0 aliphatic carbocycles. The molecule has 2 aromatic rings. The second kappa shape index (κ2) is 4.57. The van der Waals surface area contributed by atoms with Crippen molar-refractivity contribution >= 4 is 29.2 Å². The van der Waals surface area contributed by atoms with E-state index in [1.807, 2.05) is 43.5 Å². The fourth-order valence-corrected chi connectivity index (χ4v) is 2.60. The number of amides is 1. The van der Waals surface area contributed by atoms with E-state index in [4.69, 9.17) is 18.0 Å².